The fourth-order valence-corrected chi connectivity index (χ4v) is 3.04. The van der Waals surface area contributed by atoms with Crippen molar-refractivity contribution in [2.75, 3.05) is 23.8 Å². The maximum absolute atomic E-state index is 5.62. The van der Waals surface area contributed by atoms with Crippen LogP contribution in [0.15, 0.2) is 6.07 Å². The van der Waals surface area contributed by atoms with Crippen LogP contribution in [0, 0.1) is 6.92 Å². The van der Waals surface area contributed by atoms with E-state index in [1.165, 1.54) is 32.1 Å². The first-order valence-electron chi connectivity index (χ1n) is 7.77. The quantitative estimate of drug-likeness (QED) is 0.866. The average molecular weight is 276 g/mol. The molecule has 1 unspecified atom stereocenters. The molecule has 3 rings (SSSR count). The van der Waals surface area contributed by atoms with Crippen LogP contribution in [-0.2, 0) is 4.74 Å². The first kappa shape index (κ1) is 13.6. The molecule has 0 spiro atoms. The van der Waals surface area contributed by atoms with Gasteiger partial charge in [0.25, 0.3) is 0 Å². The summed E-state index contributed by atoms with van der Waals surface area (Å²) >= 11 is 0. The van der Waals surface area contributed by atoms with Gasteiger partial charge in [-0.3, -0.25) is 0 Å². The van der Waals surface area contributed by atoms with Crippen molar-refractivity contribution >= 4 is 11.6 Å². The highest BCUT2D eigenvalue weighted by atomic mass is 16.5. The molecule has 1 aliphatic heterocycles. The van der Waals surface area contributed by atoms with E-state index in [1.54, 1.807) is 0 Å². The first-order valence-corrected chi connectivity index (χ1v) is 7.77. The Morgan fingerprint density at radius 1 is 1.15 bits per heavy atom. The Morgan fingerprint density at radius 2 is 1.95 bits per heavy atom. The lowest BCUT2D eigenvalue weighted by Gasteiger charge is -2.15. The van der Waals surface area contributed by atoms with Crippen molar-refractivity contribution in [2.24, 2.45) is 0 Å². The molecule has 0 amide bonds. The lowest BCUT2D eigenvalue weighted by molar-refractivity contribution is 0.120. The second-order valence-corrected chi connectivity index (χ2v) is 5.83. The van der Waals surface area contributed by atoms with Crippen LogP contribution in [0.2, 0.25) is 0 Å². The van der Waals surface area contributed by atoms with Gasteiger partial charge in [-0.2, -0.15) is 0 Å². The van der Waals surface area contributed by atoms with E-state index in [9.17, 15) is 0 Å². The predicted molar refractivity (Wildman–Crippen MR) is 80.1 cm³/mol. The number of aryl methyl sites for hydroxylation is 1. The van der Waals surface area contributed by atoms with Crippen molar-refractivity contribution in [1.82, 2.24) is 9.97 Å². The highest BCUT2D eigenvalue weighted by Crippen LogP contribution is 2.22. The summed E-state index contributed by atoms with van der Waals surface area (Å²) in [5.41, 5.74) is 0. The summed E-state index contributed by atoms with van der Waals surface area (Å²) < 4.78 is 5.62. The van der Waals surface area contributed by atoms with E-state index in [-0.39, 0.29) is 0 Å². The SMILES string of the molecule is Cc1nc(NCC2CCCO2)cc(NC2CCCC2)n1. The van der Waals surface area contributed by atoms with Crippen molar-refractivity contribution in [2.45, 2.75) is 57.6 Å². The average Bonchev–Trinajstić information content (AvgIpc) is 3.08. The van der Waals surface area contributed by atoms with E-state index in [2.05, 4.69) is 20.6 Å². The largest absolute Gasteiger partial charge is 0.376 e. The Morgan fingerprint density at radius 3 is 2.70 bits per heavy atom. The molecule has 1 atom stereocenters. The molecule has 5 nitrogen and oxygen atoms in total. The van der Waals surface area contributed by atoms with Crippen molar-refractivity contribution in [1.29, 1.82) is 0 Å². The number of ether oxygens (including phenoxy) is 1. The molecule has 0 aromatic carbocycles. The van der Waals surface area contributed by atoms with E-state index >= 15 is 0 Å². The van der Waals surface area contributed by atoms with Crippen molar-refractivity contribution in [3.8, 4) is 0 Å². The molecule has 2 N–H and O–H groups in total. The van der Waals surface area contributed by atoms with Crippen LogP contribution in [0.4, 0.5) is 11.6 Å². The van der Waals surface area contributed by atoms with Crippen LogP contribution < -0.4 is 10.6 Å². The van der Waals surface area contributed by atoms with Crippen LogP contribution in [-0.4, -0.2) is 35.3 Å². The molecule has 20 heavy (non-hydrogen) atoms. The molecular weight excluding hydrogens is 252 g/mol. The Balaban J connectivity index is 1.59. The minimum atomic E-state index is 0.330. The van der Waals surface area contributed by atoms with Gasteiger partial charge in [0.05, 0.1) is 6.10 Å². The van der Waals surface area contributed by atoms with Crippen LogP contribution in [0.5, 0.6) is 0 Å². The van der Waals surface area contributed by atoms with E-state index in [0.717, 1.165) is 37.0 Å². The summed E-state index contributed by atoms with van der Waals surface area (Å²) in [4.78, 5) is 8.94. The minimum Gasteiger partial charge on any atom is -0.376 e. The second-order valence-electron chi connectivity index (χ2n) is 5.83. The van der Waals surface area contributed by atoms with Gasteiger partial charge in [-0.15, -0.1) is 0 Å². The highest BCUT2D eigenvalue weighted by molar-refractivity contribution is 5.48. The Labute approximate surface area is 120 Å². The molecule has 0 radical (unpaired) electrons. The highest BCUT2D eigenvalue weighted by Gasteiger charge is 2.17. The standard InChI is InChI=1S/C15H24N4O/c1-11-17-14(16-10-13-7-4-8-20-13)9-15(18-11)19-12-5-2-3-6-12/h9,12-13H,2-8,10H2,1H3,(H2,16,17,18,19). The van der Waals surface area contributed by atoms with Gasteiger partial charge in [0.2, 0.25) is 0 Å². The first-order chi connectivity index (χ1) is 9.79. The maximum atomic E-state index is 5.62. The monoisotopic (exact) mass is 276 g/mol. The Kier molecular flexibility index (Phi) is 4.35. The number of anilines is 2. The molecule has 2 aliphatic rings. The van der Waals surface area contributed by atoms with Gasteiger partial charge in [-0.25, -0.2) is 9.97 Å². The molecule has 1 aromatic rings. The predicted octanol–water partition coefficient (Wildman–Crippen LogP) is 2.73. The van der Waals surface area contributed by atoms with E-state index in [1.807, 2.05) is 13.0 Å². The molecule has 110 valence electrons. The van der Waals surface area contributed by atoms with Gasteiger partial charge in [0.15, 0.2) is 0 Å². The van der Waals surface area contributed by atoms with Crippen molar-refractivity contribution < 1.29 is 4.74 Å². The fourth-order valence-electron chi connectivity index (χ4n) is 3.04. The zero-order valence-corrected chi connectivity index (χ0v) is 12.2. The van der Waals surface area contributed by atoms with Crippen LogP contribution in [0.3, 0.4) is 0 Å². The zero-order valence-electron chi connectivity index (χ0n) is 12.2. The summed E-state index contributed by atoms with van der Waals surface area (Å²) in [6.45, 7) is 3.67. The third-order valence-electron chi connectivity index (χ3n) is 4.08. The number of hydrogen-bond donors (Lipinski definition) is 2. The number of hydrogen-bond acceptors (Lipinski definition) is 5. The topological polar surface area (TPSA) is 59.1 Å². The molecule has 1 aromatic heterocycles. The van der Waals surface area contributed by atoms with Crippen molar-refractivity contribution in [3.05, 3.63) is 11.9 Å². The fraction of sp³-hybridized carbons (Fsp3) is 0.733. The third kappa shape index (κ3) is 3.60. The molecule has 0 bridgehead atoms. The second kappa shape index (κ2) is 6.39. The summed E-state index contributed by atoms with van der Waals surface area (Å²) in [6.07, 6.45) is 7.80. The Hall–Kier alpha value is -1.36. The molecule has 5 heteroatoms. The van der Waals surface area contributed by atoms with E-state index in [0.29, 0.717) is 12.1 Å². The number of nitrogens with zero attached hydrogens (tertiary/aromatic N) is 2. The van der Waals surface area contributed by atoms with Crippen LogP contribution in [0.1, 0.15) is 44.3 Å². The lowest BCUT2D eigenvalue weighted by Crippen LogP contribution is -2.20. The van der Waals surface area contributed by atoms with Crippen LogP contribution in [0.25, 0.3) is 0 Å². The zero-order chi connectivity index (χ0) is 13.8. The normalized spacial score (nSPS) is 23.1. The minimum absolute atomic E-state index is 0.330. The van der Waals surface area contributed by atoms with Gasteiger partial charge in [-0.05, 0) is 32.6 Å². The third-order valence-corrected chi connectivity index (χ3v) is 4.08. The van der Waals surface area contributed by atoms with Gasteiger partial charge in [0, 0.05) is 25.3 Å². The molecule has 2 fully saturated rings. The van der Waals surface area contributed by atoms with Gasteiger partial charge in [0.1, 0.15) is 17.5 Å². The van der Waals surface area contributed by atoms with E-state index < -0.39 is 0 Å². The maximum Gasteiger partial charge on any atom is 0.132 e. The summed E-state index contributed by atoms with van der Waals surface area (Å²) in [7, 11) is 0. The van der Waals surface area contributed by atoms with Gasteiger partial charge >= 0.3 is 0 Å². The number of rotatable bonds is 5. The van der Waals surface area contributed by atoms with E-state index in [4.69, 9.17) is 4.74 Å². The summed E-state index contributed by atoms with van der Waals surface area (Å²) in [5, 5.41) is 6.90. The van der Waals surface area contributed by atoms with Gasteiger partial charge < -0.3 is 15.4 Å². The summed E-state index contributed by atoms with van der Waals surface area (Å²) in [6, 6.07) is 2.59. The molecule has 1 saturated heterocycles. The molecular formula is C15H24N4O. The Bertz CT molecular complexity index is 439. The number of nitrogens with one attached hydrogen (secondary N) is 2. The molecule has 1 saturated carbocycles. The smallest absolute Gasteiger partial charge is 0.132 e. The van der Waals surface area contributed by atoms with Crippen molar-refractivity contribution in [3.63, 3.8) is 0 Å². The van der Waals surface area contributed by atoms with Crippen LogP contribution >= 0.6 is 0 Å². The van der Waals surface area contributed by atoms with Gasteiger partial charge in [-0.1, -0.05) is 12.8 Å². The molecule has 2 heterocycles. The summed E-state index contributed by atoms with van der Waals surface area (Å²) in [5.74, 6) is 2.65. The lowest BCUT2D eigenvalue weighted by atomic mass is 10.2. The number of aromatic nitrogens is 2. The molecule has 1 aliphatic carbocycles.